The zero-order valence-corrected chi connectivity index (χ0v) is 30.5. The first-order chi connectivity index (χ1) is 23.7. The van der Waals surface area contributed by atoms with Crippen LogP contribution in [0.3, 0.4) is 0 Å². The van der Waals surface area contributed by atoms with Crippen molar-refractivity contribution in [1.29, 1.82) is 5.26 Å². The lowest BCUT2D eigenvalue weighted by molar-refractivity contribution is -0.196. The molecule has 50 heavy (non-hydrogen) atoms. The molecule has 1 saturated heterocycles. The van der Waals surface area contributed by atoms with Crippen LogP contribution in [0.5, 0.6) is 0 Å². The molecule has 4 aliphatic carbocycles. The predicted molar refractivity (Wildman–Crippen MR) is 189 cm³/mol. The smallest absolute Gasteiger partial charge is 0.306 e. The number of hydrogen-bond acceptors (Lipinski definition) is 10. The maximum Gasteiger partial charge on any atom is 0.306 e. The van der Waals surface area contributed by atoms with E-state index >= 15 is 0 Å². The van der Waals surface area contributed by atoms with E-state index in [0.29, 0.717) is 37.7 Å². The number of hydrogen-bond donors (Lipinski definition) is 1. The van der Waals surface area contributed by atoms with Crippen LogP contribution in [0.25, 0.3) is 11.8 Å². The van der Waals surface area contributed by atoms with E-state index in [0.717, 1.165) is 41.5 Å². The number of ether oxygens (including phenoxy) is 1. The second-order valence-corrected chi connectivity index (χ2v) is 18.8. The van der Waals surface area contributed by atoms with Gasteiger partial charge in [0.05, 0.1) is 47.0 Å². The normalized spacial score (nSPS) is 35.1. The standard InChI is InChI=1S/C38H45N3O7S2/c1-4-33(44)48-38(35(45)49-14-13-39)12-10-29-28-9-8-26-18-30-25(19-36(26,2)34(28)32(43)20-37(29,38)3)21-40-41(30)27-7-5-6-24(17-27)31(42)16-23-11-15-50(46,47)22-23/h5-7,17-18,21,23,28-29,32,34,43H,4,8-12,14-16,19-20,22H2,1-3H3/t23?,28-,29-,32-,34+,36-,37-,38-/m0/s1. The van der Waals surface area contributed by atoms with E-state index in [9.17, 15) is 33.2 Å². The maximum absolute atomic E-state index is 13.8. The number of allylic oxidation sites excluding steroid dienone is 1. The molecule has 8 atom stereocenters. The molecule has 12 heteroatoms. The van der Waals surface area contributed by atoms with Crippen LogP contribution in [0.2, 0.25) is 0 Å². The number of thioether (sulfide) groups is 1. The zero-order valence-electron chi connectivity index (χ0n) is 28.9. The number of Topliss-reactive ketones (excluding diaryl/α,β-unsaturated/α-hetero) is 1. The third-order valence-corrected chi connectivity index (χ3v) is 15.6. The number of aliphatic hydroxyl groups excluding tert-OH is 1. The lowest BCUT2D eigenvalue weighted by Crippen LogP contribution is -2.62. The second-order valence-electron chi connectivity index (χ2n) is 15.6. The first-order valence-electron chi connectivity index (χ1n) is 17.8. The molecule has 1 aromatic heterocycles. The fourth-order valence-corrected chi connectivity index (χ4v) is 13.3. The number of carbonyl (C=O) groups excluding carboxylic acids is 3. The highest BCUT2D eigenvalue weighted by Gasteiger charge is 2.70. The van der Waals surface area contributed by atoms with Gasteiger partial charge >= 0.3 is 5.97 Å². The van der Waals surface area contributed by atoms with Crippen LogP contribution >= 0.6 is 11.8 Å². The van der Waals surface area contributed by atoms with Gasteiger partial charge in [-0.05, 0) is 97.8 Å². The Bertz CT molecular complexity index is 1930. The number of benzene rings is 1. The molecule has 3 saturated carbocycles. The number of esters is 1. The molecule has 7 rings (SSSR count). The van der Waals surface area contributed by atoms with E-state index in [1.54, 1.807) is 13.0 Å². The predicted octanol–water partition coefficient (Wildman–Crippen LogP) is 5.51. The van der Waals surface area contributed by atoms with Crippen LogP contribution in [-0.4, -0.2) is 69.1 Å². The molecule has 4 fully saturated rings. The molecule has 0 radical (unpaired) electrons. The molecule has 0 spiro atoms. The highest BCUT2D eigenvalue weighted by atomic mass is 32.2. The first kappa shape index (κ1) is 35.1. The summed E-state index contributed by atoms with van der Waals surface area (Å²) in [7, 11) is -3.06. The Morgan fingerprint density at radius 1 is 1.20 bits per heavy atom. The minimum Gasteiger partial charge on any atom is -0.449 e. The van der Waals surface area contributed by atoms with Crippen molar-refractivity contribution in [2.45, 2.75) is 90.3 Å². The summed E-state index contributed by atoms with van der Waals surface area (Å²) >= 11 is 0.911. The van der Waals surface area contributed by atoms with Gasteiger partial charge in [0.1, 0.15) is 0 Å². The molecular formula is C38H45N3O7S2. The van der Waals surface area contributed by atoms with Crippen LogP contribution in [0.15, 0.2) is 36.0 Å². The SMILES string of the molecule is CCC(=O)O[C@]1(C(=O)SCC#N)CC[C@H]2[C@@H]3CCC4=Cc5c(cnn5-c5cccc(C(=O)CC6CCS(=O)(=O)C6)c5)C[C@]4(C)[C@H]3[C@@H](O)C[C@@]21C. The Balaban J connectivity index is 1.16. The molecule has 2 aromatic rings. The number of nitriles is 1. The zero-order chi connectivity index (χ0) is 35.6. The van der Waals surface area contributed by atoms with Crippen LogP contribution in [0, 0.1) is 45.8 Å². The number of sulfone groups is 1. The average Bonchev–Trinajstić information content (AvgIpc) is 3.73. The van der Waals surface area contributed by atoms with Crippen LogP contribution in [-0.2, 0) is 30.6 Å². The third kappa shape index (κ3) is 5.59. The average molecular weight is 720 g/mol. The monoisotopic (exact) mass is 719 g/mol. The minimum atomic E-state index is -3.06. The van der Waals surface area contributed by atoms with Crippen molar-refractivity contribution in [1.82, 2.24) is 9.78 Å². The van der Waals surface area contributed by atoms with Crippen molar-refractivity contribution in [3.05, 3.63) is 52.9 Å². The summed E-state index contributed by atoms with van der Waals surface area (Å²) in [5.74, 6) is -0.319. The number of nitrogens with zero attached hydrogens (tertiary/aromatic N) is 3. The number of carbonyl (C=O) groups is 3. The van der Waals surface area contributed by atoms with E-state index in [2.05, 4.69) is 13.0 Å². The van der Waals surface area contributed by atoms with Gasteiger partial charge < -0.3 is 9.84 Å². The molecule has 0 bridgehead atoms. The summed E-state index contributed by atoms with van der Waals surface area (Å²) in [4.78, 5) is 39.8. The van der Waals surface area contributed by atoms with Crippen LogP contribution < -0.4 is 0 Å². The van der Waals surface area contributed by atoms with Crippen LogP contribution in [0.1, 0.15) is 93.8 Å². The Morgan fingerprint density at radius 3 is 2.72 bits per heavy atom. The lowest BCUT2D eigenvalue weighted by atomic mass is 9.45. The fraction of sp³-hybridized carbons (Fsp3) is 0.605. The number of rotatable bonds is 8. The molecular weight excluding hydrogens is 675 g/mol. The Hall–Kier alpha value is -3.27. The summed E-state index contributed by atoms with van der Waals surface area (Å²) in [5, 5.41) is 25.8. The summed E-state index contributed by atoms with van der Waals surface area (Å²) in [6.07, 6.45) is 8.03. The first-order valence-corrected chi connectivity index (χ1v) is 20.6. The Kier molecular flexibility index (Phi) is 8.96. The van der Waals surface area contributed by atoms with E-state index in [1.807, 2.05) is 42.1 Å². The van der Waals surface area contributed by atoms with Crippen molar-refractivity contribution < 1.29 is 32.6 Å². The molecule has 10 nitrogen and oxygen atoms in total. The van der Waals surface area contributed by atoms with E-state index in [4.69, 9.17) is 9.84 Å². The molecule has 0 amide bonds. The van der Waals surface area contributed by atoms with Crippen molar-refractivity contribution in [3.8, 4) is 11.8 Å². The number of aliphatic hydroxyl groups is 1. The lowest BCUT2D eigenvalue weighted by Gasteiger charge is -2.60. The summed E-state index contributed by atoms with van der Waals surface area (Å²) in [6, 6.07) is 9.40. The number of fused-ring (bicyclic) bond motifs is 6. The highest BCUT2D eigenvalue weighted by Crippen LogP contribution is 2.69. The Morgan fingerprint density at radius 2 is 2.00 bits per heavy atom. The van der Waals surface area contributed by atoms with Gasteiger partial charge in [0.25, 0.3) is 0 Å². The van der Waals surface area contributed by atoms with Gasteiger partial charge in [0, 0.05) is 23.8 Å². The van der Waals surface area contributed by atoms with Gasteiger partial charge in [-0.1, -0.05) is 50.2 Å². The van der Waals surface area contributed by atoms with Gasteiger partial charge in [-0.25, -0.2) is 13.1 Å². The van der Waals surface area contributed by atoms with Gasteiger partial charge in [-0.3, -0.25) is 14.4 Å². The third-order valence-electron chi connectivity index (χ3n) is 12.9. The van der Waals surface area contributed by atoms with Gasteiger partial charge in [0.15, 0.2) is 21.2 Å². The fourth-order valence-electron chi connectivity index (χ4n) is 10.6. The molecule has 1 N–H and O–H groups in total. The van der Waals surface area contributed by atoms with Crippen molar-refractivity contribution in [3.63, 3.8) is 0 Å². The van der Waals surface area contributed by atoms with Gasteiger partial charge in [0.2, 0.25) is 5.12 Å². The summed E-state index contributed by atoms with van der Waals surface area (Å²) in [6.45, 7) is 5.98. The maximum atomic E-state index is 13.8. The minimum absolute atomic E-state index is 0.0185. The Labute approximate surface area is 297 Å². The molecule has 1 aliphatic heterocycles. The molecule has 266 valence electrons. The topological polar surface area (TPSA) is 156 Å². The molecule has 5 aliphatic rings. The molecule has 1 unspecified atom stereocenters. The summed E-state index contributed by atoms with van der Waals surface area (Å²) in [5.41, 5.74) is 2.12. The number of ketones is 1. The molecule has 1 aromatic carbocycles. The number of aromatic nitrogens is 2. The highest BCUT2D eigenvalue weighted by molar-refractivity contribution is 8.14. The van der Waals surface area contributed by atoms with E-state index in [1.165, 1.54) is 5.57 Å². The van der Waals surface area contributed by atoms with Gasteiger partial charge in [-0.15, -0.1) is 0 Å². The largest absolute Gasteiger partial charge is 0.449 e. The van der Waals surface area contributed by atoms with Crippen molar-refractivity contribution in [2.75, 3.05) is 17.3 Å². The van der Waals surface area contributed by atoms with Crippen molar-refractivity contribution >= 4 is 44.5 Å². The van der Waals surface area contributed by atoms with Crippen LogP contribution in [0.4, 0.5) is 0 Å². The summed E-state index contributed by atoms with van der Waals surface area (Å²) < 4.78 is 31.8. The van der Waals surface area contributed by atoms with Crippen molar-refractivity contribution in [2.24, 2.45) is 34.5 Å². The van der Waals surface area contributed by atoms with E-state index < -0.39 is 32.9 Å². The van der Waals surface area contributed by atoms with E-state index in [-0.39, 0.29) is 70.1 Å². The second kappa shape index (κ2) is 12.7. The quantitative estimate of drug-likeness (QED) is 0.273. The van der Waals surface area contributed by atoms with Gasteiger partial charge in [-0.2, -0.15) is 10.4 Å². The molecule has 2 heterocycles.